The second-order valence-corrected chi connectivity index (χ2v) is 9.14. The van der Waals surface area contributed by atoms with E-state index < -0.39 is 15.8 Å². The molecule has 1 aliphatic heterocycles. The first-order chi connectivity index (χ1) is 14.5. The maximum atomic E-state index is 13.9. The topological polar surface area (TPSA) is 76.3 Å². The third-order valence-electron chi connectivity index (χ3n) is 5.12. The molecule has 0 saturated carbocycles. The first-order valence-corrected chi connectivity index (χ1v) is 11.3. The second-order valence-electron chi connectivity index (χ2n) is 7.32. The van der Waals surface area contributed by atoms with E-state index in [4.69, 9.17) is 4.52 Å². The van der Waals surface area contributed by atoms with Gasteiger partial charge in [0.05, 0.1) is 5.56 Å². The van der Waals surface area contributed by atoms with E-state index in [2.05, 4.69) is 10.1 Å². The molecule has 2 aromatic carbocycles. The molecule has 4 rings (SSSR count). The molecule has 1 aromatic heterocycles. The number of nitrogens with zero attached hydrogens (tertiary/aromatic N) is 3. The number of sulfonamides is 1. The number of halogens is 1. The third-order valence-corrected chi connectivity index (χ3v) is 6.65. The Kier molecular flexibility index (Phi) is 6.06. The van der Waals surface area contributed by atoms with Gasteiger partial charge in [0.25, 0.3) is 0 Å². The summed E-state index contributed by atoms with van der Waals surface area (Å²) in [7, 11) is -3.51. The highest BCUT2D eigenvalue weighted by atomic mass is 32.2. The smallest absolute Gasteiger partial charge is 0.236 e. The Labute approximate surface area is 175 Å². The van der Waals surface area contributed by atoms with Crippen molar-refractivity contribution >= 4 is 16.1 Å². The van der Waals surface area contributed by atoms with Crippen LogP contribution < -0.4 is 0 Å². The van der Waals surface area contributed by atoms with Crippen molar-refractivity contribution < 1.29 is 17.3 Å². The maximum Gasteiger partial charge on any atom is 0.236 e. The van der Waals surface area contributed by atoms with Gasteiger partial charge < -0.3 is 4.52 Å². The van der Waals surface area contributed by atoms with Gasteiger partial charge in [0.15, 0.2) is 0 Å². The third kappa shape index (κ3) is 4.83. The quantitative estimate of drug-likeness (QED) is 0.591. The van der Waals surface area contributed by atoms with Crippen LogP contribution in [0.2, 0.25) is 0 Å². The van der Waals surface area contributed by atoms with Crippen LogP contribution in [0.3, 0.4) is 0 Å². The maximum absolute atomic E-state index is 13.9. The predicted molar refractivity (Wildman–Crippen MR) is 112 cm³/mol. The molecule has 30 heavy (non-hydrogen) atoms. The molecule has 0 aliphatic carbocycles. The van der Waals surface area contributed by atoms with Crippen molar-refractivity contribution in [2.24, 2.45) is 5.92 Å². The van der Waals surface area contributed by atoms with Gasteiger partial charge in [0.2, 0.25) is 21.7 Å². The lowest BCUT2D eigenvalue weighted by atomic mass is 9.96. The van der Waals surface area contributed by atoms with Gasteiger partial charge in [0.1, 0.15) is 5.82 Å². The van der Waals surface area contributed by atoms with Gasteiger partial charge in [-0.15, -0.1) is 0 Å². The number of hydrogen-bond donors (Lipinski definition) is 0. The van der Waals surface area contributed by atoms with Gasteiger partial charge >= 0.3 is 0 Å². The Bertz CT molecular complexity index is 1130. The zero-order valence-corrected chi connectivity index (χ0v) is 17.1. The molecule has 0 unspecified atom stereocenters. The minimum Gasteiger partial charge on any atom is -0.339 e. The summed E-state index contributed by atoms with van der Waals surface area (Å²) in [6.07, 6.45) is 3.69. The molecule has 1 saturated heterocycles. The molecule has 1 atom stereocenters. The zero-order chi connectivity index (χ0) is 21.0. The fraction of sp³-hybridized carbons (Fsp3) is 0.273. The van der Waals surface area contributed by atoms with E-state index in [1.807, 2.05) is 30.3 Å². The lowest BCUT2D eigenvalue weighted by Gasteiger charge is -2.30. The molecule has 6 nitrogen and oxygen atoms in total. The molecular formula is C22H22FN3O3S. The van der Waals surface area contributed by atoms with Crippen molar-refractivity contribution in [3.8, 4) is 11.4 Å². The molecule has 0 radical (unpaired) electrons. The first kappa shape index (κ1) is 20.4. The normalized spacial score (nSPS) is 18.1. The van der Waals surface area contributed by atoms with Crippen molar-refractivity contribution in [3.63, 3.8) is 0 Å². The number of piperidine rings is 1. The number of aromatic nitrogens is 2. The summed E-state index contributed by atoms with van der Waals surface area (Å²) in [5.74, 6) is 0.240. The van der Waals surface area contributed by atoms with Gasteiger partial charge in [-0.1, -0.05) is 47.6 Å². The summed E-state index contributed by atoms with van der Waals surface area (Å²) in [5.41, 5.74) is 1.12. The Morgan fingerprint density at radius 3 is 2.70 bits per heavy atom. The monoisotopic (exact) mass is 427 g/mol. The Hall–Kier alpha value is -2.84. The Morgan fingerprint density at radius 2 is 1.90 bits per heavy atom. The minimum absolute atomic E-state index is 0.0626. The Morgan fingerprint density at radius 1 is 1.13 bits per heavy atom. The molecule has 0 spiro atoms. The number of benzene rings is 2. The van der Waals surface area contributed by atoms with Crippen LogP contribution in [0.5, 0.6) is 0 Å². The van der Waals surface area contributed by atoms with E-state index in [1.165, 1.54) is 15.8 Å². The molecule has 8 heteroatoms. The molecule has 0 bridgehead atoms. The van der Waals surface area contributed by atoms with Crippen molar-refractivity contribution in [3.05, 3.63) is 77.3 Å². The molecule has 0 amide bonds. The van der Waals surface area contributed by atoms with E-state index in [1.54, 1.807) is 24.3 Å². The van der Waals surface area contributed by atoms with Crippen molar-refractivity contribution in [1.82, 2.24) is 14.4 Å². The zero-order valence-electron chi connectivity index (χ0n) is 16.3. The van der Waals surface area contributed by atoms with Gasteiger partial charge in [-0.3, -0.25) is 0 Å². The summed E-state index contributed by atoms with van der Waals surface area (Å²) in [6, 6.07) is 15.6. The first-order valence-electron chi connectivity index (χ1n) is 9.82. The van der Waals surface area contributed by atoms with Crippen molar-refractivity contribution in [2.75, 3.05) is 13.1 Å². The molecule has 2 heterocycles. The van der Waals surface area contributed by atoms with Gasteiger partial charge in [0, 0.05) is 24.9 Å². The van der Waals surface area contributed by atoms with Gasteiger partial charge in [-0.25, -0.2) is 12.8 Å². The predicted octanol–water partition coefficient (Wildman–Crippen LogP) is 4.13. The van der Waals surface area contributed by atoms with Crippen molar-refractivity contribution in [2.45, 2.75) is 19.3 Å². The molecule has 1 aliphatic rings. The van der Waals surface area contributed by atoms with E-state index in [-0.39, 0.29) is 17.3 Å². The highest BCUT2D eigenvalue weighted by Crippen LogP contribution is 2.25. The van der Waals surface area contributed by atoms with Gasteiger partial charge in [-0.05, 0) is 42.5 Å². The molecular weight excluding hydrogens is 405 g/mol. The van der Waals surface area contributed by atoms with Crippen LogP contribution in [0.1, 0.15) is 24.3 Å². The van der Waals surface area contributed by atoms with E-state index in [0.29, 0.717) is 25.4 Å². The largest absolute Gasteiger partial charge is 0.339 e. The highest BCUT2D eigenvalue weighted by Gasteiger charge is 2.28. The summed E-state index contributed by atoms with van der Waals surface area (Å²) < 4.78 is 46.2. The van der Waals surface area contributed by atoms with Crippen LogP contribution in [0.25, 0.3) is 17.5 Å². The fourth-order valence-corrected chi connectivity index (χ4v) is 4.88. The molecule has 156 valence electrons. The average molecular weight is 428 g/mol. The SMILES string of the molecule is O=S(=O)(/C=C/c1ccccc1)N1CCC[C@@H](Cc2nc(-c3ccccc3F)no2)C1. The van der Waals surface area contributed by atoms with E-state index in [9.17, 15) is 12.8 Å². The molecule has 0 N–H and O–H groups in total. The van der Waals surface area contributed by atoms with E-state index >= 15 is 0 Å². The summed E-state index contributed by atoms with van der Waals surface area (Å²) in [4.78, 5) is 4.30. The van der Waals surface area contributed by atoms with Crippen LogP contribution in [-0.2, 0) is 16.4 Å². The van der Waals surface area contributed by atoms with Crippen LogP contribution in [0, 0.1) is 11.7 Å². The average Bonchev–Trinajstić information content (AvgIpc) is 3.22. The standard InChI is InChI=1S/C22H22FN3O3S/c23-20-11-5-4-10-19(20)22-24-21(29-25-22)15-18-9-6-13-26(16-18)30(27,28)14-12-17-7-2-1-3-8-17/h1-5,7-8,10-12,14,18H,6,9,13,15-16H2/b14-12+/t18-/m0/s1. The minimum atomic E-state index is -3.51. The number of rotatable bonds is 6. The van der Waals surface area contributed by atoms with Crippen LogP contribution in [0.4, 0.5) is 4.39 Å². The molecule has 3 aromatic rings. The lowest BCUT2D eigenvalue weighted by molar-refractivity contribution is 0.248. The fourth-order valence-electron chi connectivity index (χ4n) is 3.58. The Balaban J connectivity index is 1.42. The summed E-state index contributed by atoms with van der Waals surface area (Å²) in [5, 5.41) is 5.13. The second kappa shape index (κ2) is 8.89. The summed E-state index contributed by atoms with van der Waals surface area (Å²) >= 11 is 0. The summed E-state index contributed by atoms with van der Waals surface area (Å²) in [6.45, 7) is 0.876. The number of hydrogen-bond acceptors (Lipinski definition) is 5. The highest BCUT2D eigenvalue weighted by molar-refractivity contribution is 7.92. The molecule has 1 fully saturated rings. The van der Waals surface area contributed by atoms with E-state index in [0.717, 1.165) is 18.4 Å². The van der Waals surface area contributed by atoms with Gasteiger partial charge in [-0.2, -0.15) is 9.29 Å². The van der Waals surface area contributed by atoms with Crippen LogP contribution in [-0.4, -0.2) is 36.0 Å². The van der Waals surface area contributed by atoms with Crippen LogP contribution >= 0.6 is 0 Å². The lowest BCUT2D eigenvalue weighted by Crippen LogP contribution is -2.39. The van der Waals surface area contributed by atoms with Crippen molar-refractivity contribution in [1.29, 1.82) is 0 Å². The van der Waals surface area contributed by atoms with Crippen LogP contribution in [0.15, 0.2) is 64.5 Å².